The predicted molar refractivity (Wildman–Crippen MR) is 105 cm³/mol. The number of carbonyl (C=O) groups is 3. The number of nitrogens with one attached hydrogen (secondary N) is 2. The molecule has 0 aliphatic rings. The molecule has 0 saturated heterocycles. The molecule has 2 rings (SSSR count). The smallest absolute Gasteiger partial charge is 0.340 e. The molecule has 0 aliphatic carbocycles. The van der Waals surface area contributed by atoms with E-state index >= 15 is 0 Å². The molecule has 2 amide bonds. The van der Waals surface area contributed by atoms with Crippen molar-refractivity contribution >= 4 is 34.8 Å². The van der Waals surface area contributed by atoms with Crippen LogP contribution in [0.25, 0.3) is 0 Å². The average molecular weight is 406 g/mol. The fraction of sp³-hybridized carbons (Fsp3) is 0.316. The van der Waals surface area contributed by atoms with Crippen LogP contribution < -0.4 is 20.1 Å². The van der Waals surface area contributed by atoms with Crippen LogP contribution in [0, 0.1) is 0 Å². The number of amides is 2. The summed E-state index contributed by atoms with van der Waals surface area (Å²) in [5, 5.41) is 7.06. The summed E-state index contributed by atoms with van der Waals surface area (Å²) in [6.07, 6.45) is 0.772. The highest BCUT2D eigenvalue weighted by Gasteiger charge is 2.21. The summed E-state index contributed by atoms with van der Waals surface area (Å²) in [6, 6.07) is 6.28. The van der Waals surface area contributed by atoms with Gasteiger partial charge in [-0.25, -0.2) is 4.79 Å². The summed E-state index contributed by atoms with van der Waals surface area (Å²) in [6.45, 7) is 1.98. The molecule has 150 valence electrons. The summed E-state index contributed by atoms with van der Waals surface area (Å²) in [7, 11) is 2.87. The molecule has 9 heteroatoms. The predicted octanol–water partition coefficient (Wildman–Crippen LogP) is 2.70. The third-order valence-corrected chi connectivity index (χ3v) is 4.51. The Morgan fingerprint density at radius 2 is 1.82 bits per heavy atom. The van der Waals surface area contributed by atoms with Gasteiger partial charge in [-0.1, -0.05) is 13.0 Å². The van der Waals surface area contributed by atoms with Gasteiger partial charge in [0.2, 0.25) is 0 Å². The maximum atomic E-state index is 12.5. The van der Waals surface area contributed by atoms with Gasteiger partial charge in [-0.15, -0.1) is 11.3 Å². The van der Waals surface area contributed by atoms with Crippen LogP contribution in [0.4, 0.5) is 5.69 Å². The number of rotatable bonds is 9. The van der Waals surface area contributed by atoms with Crippen molar-refractivity contribution in [3.05, 3.63) is 40.1 Å². The Balaban J connectivity index is 2.25. The molecule has 8 nitrogen and oxygen atoms in total. The first-order valence-corrected chi connectivity index (χ1v) is 9.42. The second-order valence-corrected chi connectivity index (χ2v) is 6.56. The molecule has 0 saturated carbocycles. The number of anilines is 1. The van der Waals surface area contributed by atoms with Gasteiger partial charge in [-0.2, -0.15) is 0 Å². The molecule has 0 spiro atoms. The normalized spacial score (nSPS) is 10.1. The molecule has 0 radical (unpaired) electrons. The minimum atomic E-state index is -0.769. The fourth-order valence-corrected chi connectivity index (χ4v) is 2.89. The number of hydrogen-bond acceptors (Lipinski definition) is 7. The first-order chi connectivity index (χ1) is 13.5. The van der Waals surface area contributed by atoms with Crippen LogP contribution in [0.5, 0.6) is 11.5 Å². The van der Waals surface area contributed by atoms with Crippen LogP contribution in [0.2, 0.25) is 0 Å². The monoisotopic (exact) mass is 406 g/mol. The molecule has 0 unspecified atom stereocenters. The van der Waals surface area contributed by atoms with Gasteiger partial charge in [0.25, 0.3) is 11.8 Å². The molecule has 0 aliphatic heterocycles. The van der Waals surface area contributed by atoms with Crippen molar-refractivity contribution in [3.8, 4) is 11.5 Å². The lowest BCUT2D eigenvalue weighted by Gasteiger charge is -2.15. The molecule has 28 heavy (non-hydrogen) atoms. The van der Waals surface area contributed by atoms with Crippen LogP contribution in [0.1, 0.15) is 33.4 Å². The molecule has 1 heterocycles. The van der Waals surface area contributed by atoms with Crippen LogP contribution in [-0.2, 0) is 9.53 Å². The van der Waals surface area contributed by atoms with Gasteiger partial charge >= 0.3 is 5.97 Å². The number of ether oxygens (including phenoxy) is 3. The van der Waals surface area contributed by atoms with E-state index in [0.717, 1.165) is 6.42 Å². The van der Waals surface area contributed by atoms with E-state index in [0.29, 0.717) is 22.9 Å². The van der Waals surface area contributed by atoms with Crippen LogP contribution in [0.3, 0.4) is 0 Å². The van der Waals surface area contributed by atoms with Crippen molar-refractivity contribution in [1.82, 2.24) is 5.32 Å². The van der Waals surface area contributed by atoms with E-state index in [4.69, 9.17) is 14.2 Å². The number of thiophene rings is 1. The molecular formula is C19H22N2O6S. The molecule has 1 aromatic carbocycles. The Morgan fingerprint density at radius 3 is 2.43 bits per heavy atom. The zero-order chi connectivity index (χ0) is 20.5. The summed E-state index contributed by atoms with van der Waals surface area (Å²) in [4.78, 5) is 37.1. The van der Waals surface area contributed by atoms with Crippen molar-refractivity contribution < 1.29 is 28.6 Å². The maximum absolute atomic E-state index is 12.5. The van der Waals surface area contributed by atoms with Crippen molar-refractivity contribution in [2.75, 3.05) is 32.7 Å². The zero-order valence-corrected chi connectivity index (χ0v) is 16.7. The van der Waals surface area contributed by atoms with Crippen LogP contribution in [0.15, 0.2) is 29.6 Å². The van der Waals surface area contributed by atoms with E-state index < -0.39 is 18.5 Å². The Labute approximate surface area is 166 Å². The largest absolute Gasteiger partial charge is 0.493 e. The highest BCUT2D eigenvalue weighted by atomic mass is 32.1. The summed E-state index contributed by atoms with van der Waals surface area (Å²) in [5.74, 6) is -0.925. The molecular weight excluding hydrogens is 384 g/mol. The van der Waals surface area contributed by atoms with Crippen molar-refractivity contribution in [2.45, 2.75) is 13.3 Å². The van der Waals surface area contributed by atoms with Gasteiger partial charge in [0.15, 0.2) is 18.1 Å². The van der Waals surface area contributed by atoms with Crippen molar-refractivity contribution in [1.29, 1.82) is 0 Å². The van der Waals surface area contributed by atoms with E-state index in [9.17, 15) is 14.4 Å². The van der Waals surface area contributed by atoms with Gasteiger partial charge in [0.1, 0.15) is 0 Å². The van der Waals surface area contributed by atoms with Gasteiger partial charge < -0.3 is 24.8 Å². The quantitative estimate of drug-likeness (QED) is 0.621. The standard InChI is InChI=1S/C19H22N2O6S/c1-4-7-20-17(22)11-27-19(24)12-9-14(25-2)15(26-3)10-13(12)21-18(23)16-6-5-8-28-16/h5-6,8-10H,4,7,11H2,1-3H3,(H,20,22)(H,21,23). The summed E-state index contributed by atoms with van der Waals surface area (Å²) >= 11 is 1.27. The van der Waals surface area contributed by atoms with Gasteiger partial charge in [0, 0.05) is 18.7 Å². The molecule has 0 fully saturated rings. The molecule has 0 bridgehead atoms. The number of hydrogen-bond donors (Lipinski definition) is 2. The number of carbonyl (C=O) groups excluding carboxylic acids is 3. The molecule has 1 aromatic heterocycles. The van der Waals surface area contributed by atoms with E-state index in [1.54, 1.807) is 17.5 Å². The first-order valence-electron chi connectivity index (χ1n) is 8.54. The first kappa shape index (κ1) is 21.2. The second-order valence-electron chi connectivity index (χ2n) is 5.61. The van der Waals surface area contributed by atoms with Crippen LogP contribution >= 0.6 is 11.3 Å². The zero-order valence-electron chi connectivity index (χ0n) is 15.9. The van der Waals surface area contributed by atoms with Gasteiger partial charge in [-0.05, 0) is 17.9 Å². The van der Waals surface area contributed by atoms with E-state index in [2.05, 4.69) is 10.6 Å². The van der Waals surface area contributed by atoms with Crippen molar-refractivity contribution in [2.24, 2.45) is 0 Å². The van der Waals surface area contributed by atoms with E-state index in [1.807, 2.05) is 6.92 Å². The van der Waals surface area contributed by atoms with Gasteiger partial charge in [-0.3, -0.25) is 9.59 Å². The highest BCUT2D eigenvalue weighted by Crippen LogP contribution is 2.34. The maximum Gasteiger partial charge on any atom is 0.340 e. The Morgan fingerprint density at radius 1 is 1.11 bits per heavy atom. The second kappa shape index (κ2) is 10.3. The summed E-state index contributed by atoms with van der Waals surface area (Å²) < 4.78 is 15.5. The Kier molecular flexibility index (Phi) is 7.82. The van der Waals surface area contributed by atoms with Gasteiger partial charge in [0.05, 0.1) is 30.3 Å². The van der Waals surface area contributed by atoms with Crippen LogP contribution in [-0.4, -0.2) is 45.2 Å². The lowest BCUT2D eigenvalue weighted by atomic mass is 10.1. The highest BCUT2D eigenvalue weighted by molar-refractivity contribution is 7.12. The average Bonchev–Trinajstić information content (AvgIpc) is 3.25. The Hall–Kier alpha value is -3.07. The molecule has 2 N–H and O–H groups in total. The minimum Gasteiger partial charge on any atom is -0.493 e. The minimum absolute atomic E-state index is 0.0471. The number of esters is 1. The van der Waals surface area contributed by atoms with E-state index in [1.165, 1.54) is 37.7 Å². The SMILES string of the molecule is CCCNC(=O)COC(=O)c1cc(OC)c(OC)cc1NC(=O)c1cccs1. The third kappa shape index (κ3) is 5.46. The number of benzene rings is 1. The fourth-order valence-electron chi connectivity index (χ4n) is 2.27. The van der Waals surface area contributed by atoms with E-state index in [-0.39, 0.29) is 17.2 Å². The lowest BCUT2D eigenvalue weighted by Crippen LogP contribution is -2.29. The molecule has 2 aromatic rings. The number of methoxy groups -OCH3 is 2. The summed E-state index contributed by atoms with van der Waals surface area (Å²) in [5.41, 5.74) is 0.237. The molecule has 0 atom stereocenters. The van der Waals surface area contributed by atoms with Crippen molar-refractivity contribution in [3.63, 3.8) is 0 Å². The third-order valence-electron chi connectivity index (χ3n) is 3.64. The lowest BCUT2D eigenvalue weighted by molar-refractivity contribution is -0.124. The Bertz CT molecular complexity index is 835. The topological polar surface area (TPSA) is 103 Å².